The Morgan fingerprint density at radius 1 is 1.19 bits per heavy atom. The summed E-state index contributed by atoms with van der Waals surface area (Å²) in [6.07, 6.45) is 0. The minimum absolute atomic E-state index is 0.295. The van der Waals surface area contributed by atoms with Gasteiger partial charge in [-0.1, -0.05) is 38.1 Å². The van der Waals surface area contributed by atoms with E-state index in [0.29, 0.717) is 19.1 Å². The van der Waals surface area contributed by atoms with Crippen molar-refractivity contribution in [3.8, 4) is 0 Å². The van der Waals surface area contributed by atoms with Gasteiger partial charge < -0.3 is 10.1 Å². The first-order valence-electron chi connectivity index (χ1n) is 6.94. The van der Waals surface area contributed by atoms with Crippen molar-refractivity contribution >= 4 is 21.7 Å². The van der Waals surface area contributed by atoms with E-state index in [2.05, 4.69) is 57.2 Å². The molecular formula is C16H20BrN3O. The van der Waals surface area contributed by atoms with Crippen molar-refractivity contribution in [2.45, 2.75) is 32.9 Å². The highest BCUT2D eigenvalue weighted by Crippen LogP contribution is 2.18. The summed E-state index contributed by atoms with van der Waals surface area (Å²) in [5, 5.41) is 3.36. The summed E-state index contributed by atoms with van der Waals surface area (Å²) in [7, 11) is 1.71. The standard InChI is InChI=1S/C16H20BrN3O/c1-11(2)16-19-14(17)8-15(20-16)18-9-12-6-4-5-7-13(12)10-21-3/h4-8,11H,9-10H2,1-3H3,(H,18,19,20). The third kappa shape index (κ3) is 4.51. The maximum Gasteiger partial charge on any atom is 0.134 e. The Kier molecular flexibility index (Phi) is 5.70. The SMILES string of the molecule is COCc1ccccc1CNc1cc(Br)nc(C(C)C)n1. The van der Waals surface area contributed by atoms with E-state index in [1.165, 1.54) is 11.1 Å². The zero-order valence-corrected chi connectivity index (χ0v) is 14.1. The maximum atomic E-state index is 5.23. The van der Waals surface area contributed by atoms with E-state index >= 15 is 0 Å². The second-order valence-corrected chi connectivity index (χ2v) is 5.96. The number of nitrogens with zero attached hydrogens (tertiary/aromatic N) is 2. The molecule has 0 amide bonds. The van der Waals surface area contributed by atoms with Crippen LogP contribution < -0.4 is 5.32 Å². The van der Waals surface area contributed by atoms with Gasteiger partial charge in [-0.15, -0.1) is 0 Å². The van der Waals surface area contributed by atoms with Gasteiger partial charge in [-0.25, -0.2) is 9.97 Å². The fourth-order valence-electron chi connectivity index (χ4n) is 2.00. The molecule has 5 heteroatoms. The summed E-state index contributed by atoms with van der Waals surface area (Å²) < 4.78 is 6.03. The van der Waals surface area contributed by atoms with E-state index in [1.54, 1.807) is 7.11 Å². The molecule has 1 heterocycles. The van der Waals surface area contributed by atoms with Crippen LogP contribution in [0.25, 0.3) is 0 Å². The molecule has 0 atom stereocenters. The lowest BCUT2D eigenvalue weighted by Gasteiger charge is -2.12. The number of hydrogen-bond acceptors (Lipinski definition) is 4. The molecule has 1 aromatic heterocycles. The minimum atomic E-state index is 0.295. The Hall–Kier alpha value is -1.46. The van der Waals surface area contributed by atoms with E-state index < -0.39 is 0 Å². The van der Waals surface area contributed by atoms with Crippen LogP contribution in [0.15, 0.2) is 34.9 Å². The largest absolute Gasteiger partial charge is 0.380 e. The fourth-order valence-corrected chi connectivity index (χ4v) is 2.39. The van der Waals surface area contributed by atoms with Gasteiger partial charge in [0.1, 0.15) is 16.2 Å². The van der Waals surface area contributed by atoms with Crippen molar-refractivity contribution in [3.63, 3.8) is 0 Å². The molecule has 0 aliphatic heterocycles. The van der Waals surface area contributed by atoms with E-state index in [1.807, 2.05) is 18.2 Å². The number of ether oxygens (including phenoxy) is 1. The predicted octanol–water partition coefficient (Wildman–Crippen LogP) is 4.12. The third-order valence-corrected chi connectivity index (χ3v) is 3.51. The molecule has 2 rings (SSSR count). The van der Waals surface area contributed by atoms with Crippen LogP contribution in [-0.2, 0) is 17.9 Å². The van der Waals surface area contributed by atoms with Gasteiger partial charge in [-0.05, 0) is 27.1 Å². The van der Waals surface area contributed by atoms with Crippen LogP contribution in [0.1, 0.15) is 36.7 Å². The molecule has 2 aromatic rings. The molecule has 0 fully saturated rings. The lowest BCUT2D eigenvalue weighted by molar-refractivity contribution is 0.184. The first kappa shape index (κ1) is 15.9. The van der Waals surface area contributed by atoms with Gasteiger partial charge in [0, 0.05) is 25.6 Å². The average molecular weight is 350 g/mol. The third-order valence-electron chi connectivity index (χ3n) is 3.11. The highest BCUT2D eigenvalue weighted by atomic mass is 79.9. The number of halogens is 1. The number of benzene rings is 1. The van der Waals surface area contributed by atoms with Crippen LogP contribution in [0.4, 0.5) is 5.82 Å². The Bertz CT molecular complexity index is 602. The number of rotatable bonds is 6. The number of anilines is 1. The number of hydrogen-bond donors (Lipinski definition) is 1. The predicted molar refractivity (Wildman–Crippen MR) is 88.3 cm³/mol. The lowest BCUT2D eigenvalue weighted by Crippen LogP contribution is -2.07. The fraction of sp³-hybridized carbons (Fsp3) is 0.375. The van der Waals surface area contributed by atoms with Crippen LogP contribution in [-0.4, -0.2) is 17.1 Å². The Balaban J connectivity index is 2.13. The molecule has 1 aromatic carbocycles. The molecule has 1 N–H and O–H groups in total. The molecule has 0 aliphatic carbocycles. The second kappa shape index (κ2) is 7.52. The van der Waals surface area contributed by atoms with Crippen molar-refractivity contribution in [2.24, 2.45) is 0 Å². The molecule has 21 heavy (non-hydrogen) atoms. The molecule has 0 radical (unpaired) electrons. The van der Waals surface area contributed by atoms with Gasteiger partial charge in [0.15, 0.2) is 0 Å². The molecule has 0 spiro atoms. The van der Waals surface area contributed by atoms with Gasteiger partial charge in [-0.2, -0.15) is 0 Å². The van der Waals surface area contributed by atoms with Crippen molar-refractivity contribution in [2.75, 3.05) is 12.4 Å². The van der Waals surface area contributed by atoms with Crippen LogP contribution in [0.2, 0.25) is 0 Å². The highest BCUT2D eigenvalue weighted by Gasteiger charge is 2.07. The quantitative estimate of drug-likeness (QED) is 0.796. The summed E-state index contributed by atoms with van der Waals surface area (Å²) in [4.78, 5) is 8.92. The number of methoxy groups -OCH3 is 1. The summed E-state index contributed by atoms with van der Waals surface area (Å²) in [5.74, 6) is 1.95. The first-order valence-corrected chi connectivity index (χ1v) is 7.73. The van der Waals surface area contributed by atoms with E-state index in [9.17, 15) is 0 Å². The molecule has 4 nitrogen and oxygen atoms in total. The van der Waals surface area contributed by atoms with Crippen molar-refractivity contribution in [1.82, 2.24) is 9.97 Å². The normalized spacial score (nSPS) is 10.9. The van der Waals surface area contributed by atoms with Gasteiger partial charge in [0.2, 0.25) is 0 Å². The number of aromatic nitrogens is 2. The van der Waals surface area contributed by atoms with E-state index in [-0.39, 0.29) is 0 Å². The van der Waals surface area contributed by atoms with Crippen LogP contribution in [0.3, 0.4) is 0 Å². The molecule has 0 saturated carbocycles. The van der Waals surface area contributed by atoms with Crippen LogP contribution in [0, 0.1) is 0 Å². The Morgan fingerprint density at radius 2 is 1.90 bits per heavy atom. The summed E-state index contributed by atoms with van der Waals surface area (Å²) in [6.45, 7) is 5.49. The Labute approximate surface area is 134 Å². The molecule has 0 saturated heterocycles. The average Bonchev–Trinajstić information content (AvgIpc) is 2.46. The molecular weight excluding hydrogens is 330 g/mol. The molecule has 112 valence electrons. The summed E-state index contributed by atoms with van der Waals surface area (Å²) >= 11 is 3.44. The monoisotopic (exact) mass is 349 g/mol. The highest BCUT2D eigenvalue weighted by molar-refractivity contribution is 9.10. The van der Waals surface area contributed by atoms with Gasteiger partial charge >= 0.3 is 0 Å². The second-order valence-electron chi connectivity index (χ2n) is 5.14. The van der Waals surface area contributed by atoms with Gasteiger partial charge in [0.25, 0.3) is 0 Å². The Morgan fingerprint density at radius 3 is 2.57 bits per heavy atom. The van der Waals surface area contributed by atoms with E-state index in [4.69, 9.17) is 4.74 Å². The summed E-state index contributed by atoms with van der Waals surface area (Å²) in [5.41, 5.74) is 2.39. The van der Waals surface area contributed by atoms with Crippen LogP contribution in [0.5, 0.6) is 0 Å². The van der Waals surface area contributed by atoms with E-state index in [0.717, 1.165) is 16.2 Å². The zero-order valence-electron chi connectivity index (χ0n) is 12.6. The molecule has 0 unspecified atom stereocenters. The smallest absolute Gasteiger partial charge is 0.134 e. The van der Waals surface area contributed by atoms with Crippen LogP contribution >= 0.6 is 15.9 Å². The maximum absolute atomic E-state index is 5.23. The van der Waals surface area contributed by atoms with Crippen molar-refractivity contribution in [3.05, 3.63) is 51.9 Å². The first-order chi connectivity index (χ1) is 10.1. The lowest BCUT2D eigenvalue weighted by atomic mass is 10.1. The molecule has 0 aliphatic rings. The number of nitrogens with one attached hydrogen (secondary N) is 1. The minimum Gasteiger partial charge on any atom is -0.380 e. The van der Waals surface area contributed by atoms with Crippen molar-refractivity contribution < 1.29 is 4.74 Å². The van der Waals surface area contributed by atoms with Gasteiger partial charge in [-0.3, -0.25) is 0 Å². The molecule has 0 bridgehead atoms. The zero-order chi connectivity index (χ0) is 15.2. The van der Waals surface area contributed by atoms with Gasteiger partial charge in [0.05, 0.1) is 6.61 Å². The topological polar surface area (TPSA) is 47.0 Å². The van der Waals surface area contributed by atoms with Crippen molar-refractivity contribution in [1.29, 1.82) is 0 Å². The summed E-state index contributed by atoms with van der Waals surface area (Å²) in [6, 6.07) is 10.1.